The van der Waals surface area contributed by atoms with Crippen LogP contribution in [0, 0.1) is 0 Å². The van der Waals surface area contributed by atoms with Crippen molar-refractivity contribution >= 4 is 11.7 Å². The summed E-state index contributed by atoms with van der Waals surface area (Å²) < 4.78 is 0. The van der Waals surface area contributed by atoms with E-state index in [0.29, 0.717) is 5.06 Å². The van der Waals surface area contributed by atoms with Crippen LogP contribution in [0.5, 0.6) is 0 Å². The zero-order chi connectivity index (χ0) is 8.77. The topological polar surface area (TPSA) is 57.6 Å². The van der Waals surface area contributed by atoms with Crippen LogP contribution >= 0.6 is 0 Å². The van der Waals surface area contributed by atoms with Gasteiger partial charge >= 0.3 is 0 Å². The van der Waals surface area contributed by atoms with Crippen LogP contribution in [0.4, 0.5) is 0 Å². The molecule has 1 heterocycles. The Bertz CT molecular complexity index is 305. The Labute approximate surface area is 89.1 Å². The van der Waals surface area contributed by atoms with Gasteiger partial charge in [0.1, 0.15) is 5.54 Å². The van der Waals surface area contributed by atoms with Gasteiger partial charge in [0.25, 0.3) is 0 Å². The Hall–Kier alpha value is -0.732. The summed E-state index contributed by atoms with van der Waals surface area (Å²) in [5, 5.41) is 9.79. The number of ketones is 1. The van der Waals surface area contributed by atoms with E-state index >= 15 is 0 Å². The van der Waals surface area contributed by atoms with Crippen LogP contribution in [0.15, 0.2) is 24.3 Å². The van der Waals surface area contributed by atoms with E-state index in [1.165, 1.54) is 24.3 Å². The average molecular weight is 349 g/mol. The second-order valence-electron chi connectivity index (χ2n) is 2.94. The third-order valence-electron chi connectivity index (χ3n) is 2.14. The normalized spacial score (nSPS) is 23.0. The SMILES string of the molecule is O=C1C=CC2(C=C1)CC(=O)N2O.[W]. The maximum Gasteiger partial charge on any atom is 0.250 e. The van der Waals surface area contributed by atoms with Crippen molar-refractivity contribution in [2.24, 2.45) is 0 Å². The zero-order valence-electron chi connectivity index (χ0n) is 6.64. The summed E-state index contributed by atoms with van der Waals surface area (Å²) in [5.41, 5.74) is -0.731. The summed E-state index contributed by atoms with van der Waals surface area (Å²) in [6, 6.07) is 0. The van der Waals surface area contributed by atoms with Gasteiger partial charge in [0, 0.05) is 21.1 Å². The largest absolute Gasteiger partial charge is 0.290 e. The second-order valence-corrected chi connectivity index (χ2v) is 2.94. The van der Waals surface area contributed by atoms with Crippen LogP contribution < -0.4 is 0 Å². The van der Waals surface area contributed by atoms with Crippen LogP contribution in [0.25, 0.3) is 0 Å². The van der Waals surface area contributed by atoms with E-state index in [2.05, 4.69) is 0 Å². The van der Waals surface area contributed by atoms with E-state index in [1.807, 2.05) is 0 Å². The number of allylic oxidation sites excluding steroid dienone is 2. The molecule has 0 aromatic carbocycles. The van der Waals surface area contributed by atoms with Gasteiger partial charge in [-0.1, -0.05) is 0 Å². The van der Waals surface area contributed by atoms with Crippen LogP contribution in [-0.4, -0.2) is 27.5 Å². The van der Waals surface area contributed by atoms with Gasteiger partial charge in [-0.2, -0.15) is 0 Å². The van der Waals surface area contributed by atoms with E-state index in [4.69, 9.17) is 5.21 Å². The molecule has 1 amide bonds. The van der Waals surface area contributed by atoms with Crippen LogP contribution in [0.3, 0.4) is 0 Å². The Morgan fingerprint density at radius 2 is 1.85 bits per heavy atom. The Morgan fingerprint density at radius 3 is 2.23 bits per heavy atom. The predicted molar refractivity (Wildman–Crippen MR) is 39.3 cm³/mol. The van der Waals surface area contributed by atoms with Crippen LogP contribution in [0.2, 0.25) is 0 Å². The number of hydrogen-bond donors (Lipinski definition) is 1. The van der Waals surface area contributed by atoms with Gasteiger partial charge in [-0.05, 0) is 24.3 Å². The molecule has 5 heteroatoms. The Morgan fingerprint density at radius 1 is 1.31 bits per heavy atom. The quantitative estimate of drug-likeness (QED) is 0.496. The molecule has 2 rings (SSSR count). The first-order valence-corrected chi connectivity index (χ1v) is 3.58. The molecular formula is C8H7NO3W. The van der Waals surface area contributed by atoms with Crippen molar-refractivity contribution in [2.75, 3.05) is 0 Å². The molecule has 0 atom stereocenters. The molecule has 1 saturated heterocycles. The number of β-lactam (4-membered cyclic amide) rings is 1. The van der Waals surface area contributed by atoms with Gasteiger partial charge in [-0.3, -0.25) is 14.8 Å². The number of carbonyl (C=O) groups excluding carboxylic acids is 2. The van der Waals surface area contributed by atoms with Gasteiger partial charge in [0.2, 0.25) is 5.91 Å². The molecule has 1 spiro atoms. The smallest absolute Gasteiger partial charge is 0.250 e. The molecule has 0 saturated carbocycles. The van der Waals surface area contributed by atoms with Crippen molar-refractivity contribution in [3.63, 3.8) is 0 Å². The summed E-state index contributed by atoms with van der Waals surface area (Å²) in [6.45, 7) is 0. The zero-order valence-corrected chi connectivity index (χ0v) is 9.57. The first-order valence-electron chi connectivity index (χ1n) is 3.58. The summed E-state index contributed by atoms with van der Waals surface area (Å²) in [4.78, 5) is 21.4. The van der Waals surface area contributed by atoms with Gasteiger partial charge in [0.15, 0.2) is 5.78 Å². The van der Waals surface area contributed by atoms with Crippen molar-refractivity contribution < 1.29 is 35.9 Å². The predicted octanol–water partition coefficient (Wildman–Crippen LogP) is 0.0393. The van der Waals surface area contributed by atoms with E-state index in [0.717, 1.165) is 0 Å². The minimum Gasteiger partial charge on any atom is -0.290 e. The summed E-state index contributed by atoms with van der Waals surface area (Å²) in [6.07, 6.45) is 6.03. The summed E-state index contributed by atoms with van der Waals surface area (Å²) in [5.74, 6) is -0.438. The van der Waals surface area contributed by atoms with Crippen molar-refractivity contribution in [1.29, 1.82) is 0 Å². The number of carbonyl (C=O) groups is 2. The van der Waals surface area contributed by atoms with Crippen molar-refractivity contribution in [1.82, 2.24) is 5.06 Å². The molecule has 0 radical (unpaired) electrons. The maximum atomic E-state index is 10.7. The third-order valence-corrected chi connectivity index (χ3v) is 2.14. The minimum atomic E-state index is -0.731. The summed E-state index contributed by atoms with van der Waals surface area (Å²) in [7, 11) is 0. The molecular weight excluding hydrogens is 342 g/mol. The molecule has 4 nitrogen and oxygen atoms in total. The number of nitrogens with zero attached hydrogens (tertiary/aromatic N) is 1. The molecule has 13 heavy (non-hydrogen) atoms. The molecule has 0 aromatic heterocycles. The number of amides is 1. The fourth-order valence-electron chi connectivity index (χ4n) is 1.36. The molecule has 0 unspecified atom stereocenters. The molecule has 1 aliphatic carbocycles. The van der Waals surface area contributed by atoms with Crippen molar-refractivity contribution in [3.8, 4) is 0 Å². The fraction of sp³-hybridized carbons (Fsp3) is 0.250. The molecule has 1 N–H and O–H groups in total. The molecule has 0 bridgehead atoms. The fourth-order valence-corrected chi connectivity index (χ4v) is 1.36. The first kappa shape index (κ1) is 10.3. The van der Waals surface area contributed by atoms with Gasteiger partial charge in [-0.15, -0.1) is 0 Å². The average Bonchev–Trinajstić information content (AvgIpc) is 2.09. The number of hydrogen-bond acceptors (Lipinski definition) is 3. The van der Waals surface area contributed by atoms with E-state index in [-0.39, 0.29) is 39.2 Å². The van der Waals surface area contributed by atoms with Crippen LogP contribution in [-0.2, 0) is 30.7 Å². The van der Waals surface area contributed by atoms with E-state index in [9.17, 15) is 9.59 Å². The molecule has 2 aliphatic rings. The van der Waals surface area contributed by atoms with Crippen molar-refractivity contribution in [2.45, 2.75) is 12.0 Å². The third kappa shape index (κ3) is 1.40. The van der Waals surface area contributed by atoms with E-state index < -0.39 is 5.54 Å². The molecule has 68 valence electrons. The maximum absolute atomic E-state index is 10.7. The Kier molecular flexibility index (Phi) is 2.55. The summed E-state index contributed by atoms with van der Waals surface area (Å²) >= 11 is 0. The molecule has 1 aliphatic heterocycles. The molecule has 0 aromatic rings. The van der Waals surface area contributed by atoms with Gasteiger partial charge in [-0.25, -0.2) is 5.06 Å². The second kappa shape index (κ2) is 3.20. The Balaban J connectivity index is 0.000000845. The van der Waals surface area contributed by atoms with Gasteiger partial charge < -0.3 is 0 Å². The number of hydroxylamine groups is 2. The standard InChI is InChI=1S/C8H7NO3.W/c10-6-1-3-8(4-2-6)5-7(11)9(8)12;/h1-4,12H,5H2;. The van der Waals surface area contributed by atoms with Crippen LogP contribution in [0.1, 0.15) is 6.42 Å². The minimum absolute atomic E-state index is 0. The van der Waals surface area contributed by atoms with Crippen molar-refractivity contribution in [3.05, 3.63) is 24.3 Å². The van der Waals surface area contributed by atoms with E-state index in [1.54, 1.807) is 0 Å². The number of rotatable bonds is 0. The van der Waals surface area contributed by atoms with Gasteiger partial charge in [0.05, 0.1) is 6.42 Å². The monoisotopic (exact) mass is 349 g/mol. The molecule has 1 fully saturated rings. The first-order chi connectivity index (χ1) is 5.64.